The van der Waals surface area contributed by atoms with E-state index in [9.17, 15) is 13.9 Å². The molecule has 0 aromatic carbocycles. The molecule has 17 heavy (non-hydrogen) atoms. The van der Waals surface area contributed by atoms with Crippen LogP contribution in [0.25, 0.3) is 0 Å². The van der Waals surface area contributed by atoms with E-state index in [1.165, 1.54) is 7.05 Å². The van der Waals surface area contributed by atoms with Crippen LogP contribution in [0.4, 0.5) is 20.4 Å². The number of aromatic nitrogens is 1. The number of hydrogen-bond donors (Lipinski definition) is 3. The van der Waals surface area contributed by atoms with Crippen molar-refractivity contribution in [2.75, 3.05) is 24.2 Å². The molecule has 0 saturated carbocycles. The molecule has 0 bridgehead atoms. The molecule has 1 aromatic rings. The van der Waals surface area contributed by atoms with Crippen LogP contribution >= 0.6 is 0 Å². The lowest BCUT2D eigenvalue weighted by atomic mass is 10.0. The van der Waals surface area contributed by atoms with Gasteiger partial charge in [0.2, 0.25) is 0 Å². The van der Waals surface area contributed by atoms with Gasteiger partial charge in [0.05, 0.1) is 5.60 Å². The molecule has 3 N–H and O–H groups in total. The summed E-state index contributed by atoms with van der Waals surface area (Å²) in [5.74, 6) is -1.65. The smallest absolute Gasteiger partial charge is 0.168 e. The van der Waals surface area contributed by atoms with Crippen LogP contribution in [-0.4, -0.2) is 29.3 Å². The third-order valence-corrected chi connectivity index (χ3v) is 2.56. The van der Waals surface area contributed by atoms with Crippen molar-refractivity contribution in [3.8, 4) is 0 Å². The summed E-state index contributed by atoms with van der Waals surface area (Å²) < 4.78 is 26.5. The highest BCUT2D eigenvalue weighted by atomic mass is 19.1. The Balaban J connectivity index is 2.84. The predicted molar refractivity (Wildman–Crippen MR) is 63.1 cm³/mol. The number of pyridine rings is 1. The van der Waals surface area contributed by atoms with E-state index in [1.54, 1.807) is 6.92 Å². The molecule has 0 spiro atoms. The fraction of sp³-hybridized carbons (Fsp3) is 0.545. The number of anilines is 2. The number of aliphatic hydroxyl groups is 1. The van der Waals surface area contributed by atoms with Crippen molar-refractivity contribution in [1.29, 1.82) is 0 Å². The first-order valence-corrected chi connectivity index (χ1v) is 5.39. The molecule has 0 aliphatic heterocycles. The highest BCUT2D eigenvalue weighted by Gasteiger charge is 2.19. The zero-order valence-corrected chi connectivity index (χ0v) is 10.1. The van der Waals surface area contributed by atoms with Crippen molar-refractivity contribution < 1.29 is 13.9 Å². The van der Waals surface area contributed by atoms with E-state index in [0.29, 0.717) is 6.42 Å². The van der Waals surface area contributed by atoms with Gasteiger partial charge in [0.25, 0.3) is 0 Å². The largest absolute Gasteiger partial charge is 0.388 e. The second-order valence-corrected chi connectivity index (χ2v) is 4.10. The van der Waals surface area contributed by atoms with Gasteiger partial charge in [-0.2, -0.15) is 0 Å². The van der Waals surface area contributed by atoms with Crippen LogP contribution in [0.3, 0.4) is 0 Å². The van der Waals surface area contributed by atoms with E-state index in [0.717, 1.165) is 6.07 Å². The number of nitrogens with zero attached hydrogens (tertiary/aromatic N) is 1. The average molecular weight is 245 g/mol. The number of rotatable bonds is 5. The highest BCUT2D eigenvalue weighted by molar-refractivity contribution is 5.47. The average Bonchev–Trinajstić information content (AvgIpc) is 2.28. The predicted octanol–water partition coefficient (Wildman–Crippen LogP) is 1.97. The maximum Gasteiger partial charge on any atom is 0.168 e. The van der Waals surface area contributed by atoms with E-state index < -0.39 is 17.2 Å². The molecule has 1 atom stereocenters. The Bertz CT molecular complexity index is 397. The van der Waals surface area contributed by atoms with Crippen molar-refractivity contribution >= 4 is 11.6 Å². The summed E-state index contributed by atoms with van der Waals surface area (Å²) in [4.78, 5) is 3.74. The second-order valence-electron chi connectivity index (χ2n) is 4.10. The molecule has 0 fully saturated rings. The molecule has 1 rings (SSSR count). The standard InChI is InChI=1S/C11H17F2N3O/c1-4-11(2,17)6-15-10-8(13)5-7(12)9(14-3)16-10/h5,17H,4,6H2,1-3H3,(H2,14,15,16). The van der Waals surface area contributed by atoms with Crippen molar-refractivity contribution in [2.45, 2.75) is 25.9 Å². The lowest BCUT2D eigenvalue weighted by molar-refractivity contribution is 0.0696. The van der Waals surface area contributed by atoms with Gasteiger partial charge in [0, 0.05) is 19.7 Å². The molecule has 0 saturated heterocycles. The Morgan fingerprint density at radius 2 is 1.94 bits per heavy atom. The monoisotopic (exact) mass is 245 g/mol. The highest BCUT2D eigenvalue weighted by Crippen LogP contribution is 2.19. The molecule has 6 heteroatoms. The van der Waals surface area contributed by atoms with Gasteiger partial charge in [-0.15, -0.1) is 0 Å². The summed E-state index contributed by atoms with van der Waals surface area (Å²) in [7, 11) is 1.50. The fourth-order valence-corrected chi connectivity index (χ4v) is 1.17. The Labute approximate surface area is 99.1 Å². The first-order chi connectivity index (χ1) is 7.89. The summed E-state index contributed by atoms with van der Waals surface area (Å²) >= 11 is 0. The van der Waals surface area contributed by atoms with Gasteiger partial charge in [-0.05, 0) is 13.3 Å². The quantitative estimate of drug-likeness (QED) is 0.742. The van der Waals surface area contributed by atoms with Crippen molar-refractivity contribution in [3.63, 3.8) is 0 Å². The molecule has 0 amide bonds. The summed E-state index contributed by atoms with van der Waals surface area (Å²) in [6.45, 7) is 3.58. The normalized spacial score (nSPS) is 14.2. The van der Waals surface area contributed by atoms with Gasteiger partial charge in [0.1, 0.15) is 0 Å². The zero-order valence-electron chi connectivity index (χ0n) is 10.1. The number of halogens is 2. The third-order valence-electron chi connectivity index (χ3n) is 2.56. The second kappa shape index (κ2) is 5.27. The topological polar surface area (TPSA) is 57.2 Å². The van der Waals surface area contributed by atoms with Crippen LogP contribution in [0, 0.1) is 11.6 Å². The van der Waals surface area contributed by atoms with E-state index >= 15 is 0 Å². The van der Waals surface area contributed by atoms with Crippen molar-refractivity contribution in [3.05, 3.63) is 17.7 Å². The van der Waals surface area contributed by atoms with Gasteiger partial charge in [0.15, 0.2) is 23.3 Å². The molecule has 0 radical (unpaired) electrons. The summed E-state index contributed by atoms with van der Waals surface area (Å²) in [5, 5.41) is 14.9. The molecule has 0 aliphatic carbocycles. The van der Waals surface area contributed by atoms with Crippen LogP contribution in [-0.2, 0) is 0 Å². The van der Waals surface area contributed by atoms with Crippen LogP contribution in [0.1, 0.15) is 20.3 Å². The fourth-order valence-electron chi connectivity index (χ4n) is 1.17. The number of hydrogen-bond acceptors (Lipinski definition) is 4. The van der Waals surface area contributed by atoms with Gasteiger partial charge in [-0.1, -0.05) is 6.92 Å². The van der Waals surface area contributed by atoms with Crippen LogP contribution in [0.5, 0.6) is 0 Å². The first-order valence-electron chi connectivity index (χ1n) is 5.39. The Morgan fingerprint density at radius 1 is 1.35 bits per heavy atom. The van der Waals surface area contributed by atoms with Gasteiger partial charge >= 0.3 is 0 Å². The minimum atomic E-state index is -0.956. The van der Waals surface area contributed by atoms with Crippen LogP contribution < -0.4 is 10.6 Å². The minimum Gasteiger partial charge on any atom is -0.388 e. The van der Waals surface area contributed by atoms with E-state index in [1.807, 2.05) is 6.92 Å². The molecule has 4 nitrogen and oxygen atoms in total. The Morgan fingerprint density at radius 3 is 2.47 bits per heavy atom. The maximum absolute atomic E-state index is 13.4. The molecule has 0 aliphatic rings. The SMILES string of the molecule is CCC(C)(O)CNc1nc(NC)c(F)cc1F. The lowest BCUT2D eigenvalue weighted by Gasteiger charge is -2.22. The van der Waals surface area contributed by atoms with E-state index in [4.69, 9.17) is 0 Å². The van der Waals surface area contributed by atoms with Gasteiger partial charge in [-0.3, -0.25) is 0 Å². The Kier molecular flexibility index (Phi) is 4.22. The lowest BCUT2D eigenvalue weighted by Crippen LogP contribution is -2.33. The molecule has 1 aromatic heterocycles. The van der Waals surface area contributed by atoms with E-state index in [-0.39, 0.29) is 18.2 Å². The van der Waals surface area contributed by atoms with Crippen molar-refractivity contribution in [2.24, 2.45) is 0 Å². The maximum atomic E-state index is 13.4. The van der Waals surface area contributed by atoms with Crippen molar-refractivity contribution in [1.82, 2.24) is 4.98 Å². The molecular formula is C11H17F2N3O. The molecular weight excluding hydrogens is 228 g/mol. The third kappa shape index (κ3) is 3.52. The Hall–Kier alpha value is -1.43. The first kappa shape index (κ1) is 13.6. The summed E-state index contributed by atoms with van der Waals surface area (Å²) in [5.41, 5.74) is -0.956. The summed E-state index contributed by atoms with van der Waals surface area (Å²) in [6.07, 6.45) is 0.516. The van der Waals surface area contributed by atoms with Crippen LogP contribution in [0.2, 0.25) is 0 Å². The minimum absolute atomic E-state index is 0.0370. The van der Waals surface area contributed by atoms with E-state index in [2.05, 4.69) is 15.6 Å². The van der Waals surface area contributed by atoms with Crippen LogP contribution in [0.15, 0.2) is 6.07 Å². The summed E-state index contributed by atoms with van der Waals surface area (Å²) in [6, 6.07) is 0.752. The molecule has 96 valence electrons. The number of nitrogens with one attached hydrogen (secondary N) is 2. The van der Waals surface area contributed by atoms with Gasteiger partial charge < -0.3 is 15.7 Å². The molecule has 1 heterocycles. The zero-order chi connectivity index (χ0) is 13.1. The molecule has 1 unspecified atom stereocenters. The van der Waals surface area contributed by atoms with Gasteiger partial charge in [-0.25, -0.2) is 13.8 Å².